The van der Waals surface area contributed by atoms with Crippen molar-refractivity contribution >= 4 is 28.5 Å². The van der Waals surface area contributed by atoms with Crippen molar-refractivity contribution in [1.82, 2.24) is 4.98 Å². The molecule has 2 N–H and O–H groups in total. The number of carbonyl (C=O) groups excluding carboxylic acids is 2. The number of aromatic nitrogens is 1. The molecule has 1 heterocycles. The molecule has 0 fully saturated rings. The fourth-order valence-electron chi connectivity index (χ4n) is 3.00. The monoisotopic (exact) mass is 388 g/mol. The Kier molecular flexibility index (Phi) is 5.07. The highest BCUT2D eigenvalue weighted by atomic mass is 19.1. The number of hydrogen-bond donors (Lipinski definition) is 2. The summed E-state index contributed by atoms with van der Waals surface area (Å²) < 4.78 is 18.7. The number of benzene rings is 3. The fraction of sp³-hybridized carbons (Fsp3) is 0.0435. The van der Waals surface area contributed by atoms with Crippen molar-refractivity contribution in [2.75, 3.05) is 5.32 Å². The number of hydrogen-bond acceptors (Lipinski definition) is 3. The van der Waals surface area contributed by atoms with Gasteiger partial charge in [-0.05, 0) is 36.4 Å². The van der Waals surface area contributed by atoms with Gasteiger partial charge in [-0.25, -0.2) is 9.18 Å². The van der Waals surface area contributed by atoms with E-state index in [1.165, 1.54) is 24.3 Å². The topological polar surface area (TPSA) is 71.2 Å². The maximum atomic E-state index is 13.1. The first-order valence-corrected chi connectivity index (χ1v) is 9.00. The van der Waals surface area contributed by atoms with Crippen LogP contribution in [0.2, 0.25) is 0 Å². The zero-order valence-corrected chi connectivity index (χ0v) is 15.3. The van der Waals surface area contributed by atoms with Gasteiger partial charge in [-0.15, -0.1) is 0 Å². The Bertz CT molecular complexity index is 1120. The summed E-state index contributed by atoms with van der Waals surface area (Å²) in [6.45, 7) is 0. The number of para-hydroxylation sites is 1. The number of amides is 1. The number of nitrogens with one attached hydrogen (secondary N) is 2. The molecular formula is C23H17FN2O3. The molecule has 3 aromatic carbocycles. The van der Waals surface area contributed by atoms with Gasteiger partial charge in [-0.3, -0.25) is 4.79 Å². The van der Waals surface area contributed by atoms with Crippen molar-refractivity contribution in [3.05, 3.63) is 102 Å². The molecule has 0 unspecified atom stereocenters. The molecule has 0 aliphatic carbocycles. The van der Waals surface area contributed by atoms with Crippen molar-refractivity contribution in [3.8, 4) is 0 Å². The molecule has 6 heteroatoms. The van der Waals surface area contributed by atoms with Crippen molar-refractivity contribution in [1.29, 1.82) is 0 Å². The van der Waals surface area contributed by atoms with Gasteiger partial charge >= 0.3 is 5.97 Å². The largest absolute Gasteiger partial charge is 0.443 e. The molecule has 1 aromatic heterocycles. The third-order valence-corrected chi connectivity index (χ3v) is 4.43. The highest BCUT2D eigenvalue weighted by Crippen LogP contribution is 2.23. The van der Waals surface area contributed by atoms with Crippen LogP contribution in [-0.4, -0.2) is 16.9 Å². The molecule has 0 bridgehead atoms. The van der Waals surface area contributed by atoms with Crippen LogP contribution in [0.5, 0.6) is 0 Å². The molecule has 0 aliphatic rings. The van der Waals surface area contributed by atoms with Crippen LogP contribution in [0.3, 0.4) is 0 Å². The van der Waals surface area contributed by atoms with Crippen LogP contribution in [0.15, 0.2) is 84.9 Å². The van der Waals surface area contributed by atoms with Gasteiger partial charge in [-0.2, -0.15) is 0 Å². The highest BCUT2D eigenvalue weighted by molar-refractivity contribution is 5.99. The highest BCUT2D eigenvalue weighted by Gasteiger charge is 2.26. The lowest BCUT2D eigenvalue weighted by Gasteiger charge is -2.18. The predicted molar refractivity (Wildman–Crippen MR) is 108 cm³/mol. The quantitative estimate of drug-likeness (QED) is 0.481. The summed E-state index contributed by atoms with van der Waals surface area (Å²) in [6, 6.07) is 23.2. The fourth-order valence-corrected chi connectivity index (χ4v) is 3.00. The number of halogens is 1. The van der Waals surface area contributed by atoms with E-state index < -0.39 is 23.8 Å². The van der Waals surface area contributed by atoms with Crippen molar-refractivity contribution in [2.24, 2.45) is 0 Å². The van der Waals surface area contributed by atoms with E-state index in [4.69, 9.17) is 4.74 Å². The zero-order valence-electron chi connectivity index (χ0n) is 15.3. The Balaban J connectivity index is 1.59. The van der Waals surface area contributed by atoms with Crippen LogP contribution < -0.4 is 5.32 Å². The van der Waals surface area contributed by atoms with Crippen molar-refractivity contribution < 1.29 is 18.7 Å². The molecule has 0 saturated carbocycles. The normalized spacial score (nSPS) is 11.8. The number of aromatic amines is 1. The van der Waals surface area contributed by atoms with E-state index in [2.05, 4.69) is 10.3 Å². The smallest absolute Gasteiger partial charge is 0.355 e. The molecule has 4 rings (SSSR count). The van der Waals surface area contributed by atoms with Gasteiger partial charge < -0.3 is 15.0 Å². The Hall–Kier alpha value is -3.93. The van der Waals surface area contributed by atoms with Gasteiger partial charge in [0.1, 0.15) is 11.5 Å². The maximum absolute atomic E-state index is 13.1. The van der Waals surface area contributed by atoms with Gasteiger partial charge in [0.05, 0.1) is 0 Å². The molecule has 1 amide bonds. The number of esters is 1. The molecule has 0 aliphatic heterocycles. The minimum atomic E-state index is -1.17. The Morgan fingerprint density at radius 3 is 2.31 bits per heavy atom. The molecule has 29 heavy (non-hydrogen) atoms. The summed E-state index contributed by atoms with van der Waals surface area (Å²) in [5.41, 5.74) is 1.98. The number of fused-ring (bicyclic) bond motifs is 1. The predicted octanol–water partition coefficient (Wildman–Crippen LogP) is 4.84. The third kappa shape index (κ3) is 4.16. The van der Waals surface area contributed by atoms with E-state index >= 15 is 0 Å². The van der Waals surface area contributed by atoms with Crippen LogP contribution in [0.1, 0.15) is 22.2 Å². The number of carbonyl (C=O) groups is 2. The number of ether oxygens (including phenoxy) is 1. The van der Waals surface area contributed by atoms with Crippen molar-refractivity contribution in [2.45, 2.75) is 6.10 Å². The molecule has 0 spiro atoms. The molecule has 1 atom stereocenters. The first-order valence-electron chi connectivity index (χ1n) is 9.00. The standard InChI is InChI=1S/C23H17FN2O3/c24-17-10-12-18(13-11-17)25-22(27)21(15-6-2-1-3-7-15)29-23(28)20-14-16-8-4-5-9-19(16)26-20/h1-14,21,26H,(H,25,27)/t21-/m1/s1. The zero-order chi connectivity index (χ0) is 20.2. The Morgan fingerprint density at radius 2 is 1.59 bits per heavy atom. The molecular weight excluding hydrogens is 371 g/mol. The van der Waals surface area contributed by atoms with Crippen LogP contribution in [0.4, 0.5) is 10.1 Å². The van der Waals surface area contributed by atoms with Gasteiger partial charge in [0.2, 0.25) is 6.10 Å². The second-order valence-electron chi connectivity index (χ2n) is 6.46. The van der Waals surface area contributed by atoms with Crippen LogP contribution in [0, 0.1) is 5.82 Å². The maximum Gasteiger partial charge on any atom is 0.355 e. The molecule has 0 radical (unpaired) electrons. The van der Waals surface area contributed by atoms with E-state index in [-0.39, 0.29) is 5.69 Å². The minimum absolute atomic E-state index is 0.252. The number of H-pyrrole nitrogens is 1. The molecule has 4 aromatic rings. The lowest BCUT2D eigenvalue weighted by molar-refractivity contribution is -0.125. The molecule has 144 valence electrons. The summed E-state index contributed by atoms with van der Waals surface area (Å²) >= 11 is 0. The second kappa shape index (κ2) is 7.98. The summed E-state index contributed by atoms with van der Waals surface area (Å²) in [5, 5.41) is 3.53. The van der Waals surface area contributed by atoms with Gasteiger partial charge in [-0.1, -0.05) is 48.5 Å². The lowest BCUT2D eigenvalue weighted by atomic mass is 10.1. The summed E-state index contributed by atoms with van der Waals surface area (Å²) in [5.74, 6) is -1.59. The average molecular weight is 388 g/mol. The molecule has 0 saturated heterocycles. The Labute approximate surface area is 166 Å². The summed E-state index contributed by atoms with van der Waals surface area (Å²) in [7, 11) is 0. The SMILES string of the molecule is O=C(O[C@@H](C(=O)Nc1ccc(F)cc1)c1ccccc1)c1cc2ccccc2[nH]1. The number of anilines is 1. The summed E-state index contributed by atoms with van der Waals surface area (Å²) in [6.07, 6.45) is -1.17. The van der Waals surface area contributed by atoms with Gasteiger partial charge in [0, 0.05) is 22.2 Å². The van der Waals surface area contributed by atoms with E-state index in [0.29, 0.717) is 11.3 Å². The van der Waals surface area contributed by atoms with Gasteiger partial charge in [0.25, 0.3) is 5.91 Å². The van der Waals surface area contributed by atoms with Crippen molar-refractivity contribution in [3.63, 3.8) is 0 Å². The van der Waals surface area contributed by atoms with E-state index in [1.807, 2.05) is 24.3 Å². The summed E-state index contributed by atoms with van der Waals surface area (Å²) in [4.78, 5) is 28.6. The van der Waals surface area contributed by atoms with E-state index in [0.717, 1.165) is 10.9 Å². The van der Waals surface area contributed by atoms with E-state index in [9.17, 15) is 14.0 Å². The van der Waals surface area contributed by atoms with Crippen LogP contribution in [-0.2, 0) is 9.53 Å². The first kappa shape index (κ1) is 18.4. The van der Waals surface area contributed by atoms with Crippen LogP contribution >= 0.6 is 0 Å². The minimum Gasteiger partial charge on any atom is -0.443 e. The van der Waals surface area contributed by atoms with Gasteiger partial charge in [0.15, 0.2) is 0 Å². The van der Waals surface area contributed by atoms with Crippen LogP contribution in [0.25, 0.3) is 10.9 Å². The lowest BCUT2D eigenvalue weighted by Crippen LogP contribution is -2.26. The number of rotatable bonds is 5. The third-order valence-electron chi connectivity index (χ3n) is 4.43. The Morgan fingerprint density at radius 1 is 0.897 bits per heavy atom. The van der Waals surface area contributed by atoms with E-state index in [1.54, 1.807) is 36.4 Å². The molecule has 5 nitrogen and oxygen atoms in total. The second-order valence-corrected chi connectivity index (χ2v) is 6.46. The average Bonchev–Trinajstić information content (AvgIpc) is 3.18. The first-order chi connectivity index (χ1) is 14.1.